The van der Waals surface area contributed by atoms with Gasteiger partial charge in [0.25, 0.3) is 0 Å². The second kappa shape index (κ2) is 38.3. The second-order valence-corrected chi connectivity index (χ2v) is 15.6. The fourth-order valence-electron chi connectivity index (χ4n) is 5.46. The third kappa shape index (κ3) is 38.1. The van der Waals surface area contributed by atoms with Crippen LogP contribution in [0, 0.1) is 0 Å². The van der Waals surface area contributed by atoms with Crippen LogP contribution in [-0.4, -0.2) is 59.9 Å². The number of carbonyl (C=O) groups excluding carboxylic acids is 2. The number of carboxylic acids is 1. The Bertz CT molecular complexity index is 1120. The molecular formula is C43H76NO10P. The van der Waals surface area contributed by atoms with Crippen molar-refractivity contribution in [2.24, 2.45) is 5.73 Å². The summed E-state index contributed by atoms with van der Waals surface area (Å²) in [6.45, 7) is 2.70. The number of hydrogen-bond donors (Lipinski definition) is 3. The molecular weight excluding hydrogens is 721 g/mol. The van der Waals surface area contributed by atoms with Crippen LogP contribution < -0.4 is 5.73 Å². The average molecular weight is 798 g/mol. The van der Waals surface area contributed by atoms with E-state index in [1.54, 1.807) is 0 Å². The zero-order valence-electron chi connectivity index (χ0n) is 34.3. The first-order valence-electron chi connectivity index (χ1n) is 21.2. The third-order valence-electron chi connectivity index (χ3n) is 8.84. The summed E-state index contributed by atoms with van der Waals surface area (Å²) in [5.74, 6) is -2.49. The summed E-state index contributed by atoms with van der Waals surface area (Å²) in [4.78, 5) is 45.8. The summed E-state index contributed by atoms with van der Waals surface area (Å²) in [6.07, 6.45) is 42.0. The second-order valence-electron chi connectivity index (χ2n) is 14.1. The Hall–Kier alpha value is -2.56. The number of allylic oxidation sites excluding steroid dienone is 8. The molecule has 12 heteroatoms. The first-order chi connectivity index (χ1) is 26.6. The molecule has 0 aliphatic heterocycles. The molecule has 0 aliphatic rings. The largest absolute Gasteiger partial charge is 0.480 e. The molecule has 2 unspecified atom stereocenters. The van der Waals surface area contributed by atoms with Gasteiger partial charge in [0.15, 0.2) is 6.10 Å². The Balaban J connectivity index is 4.46. The van der Waals surface area contributed by atoms with Crippen molar-refractivity contribution >= 4 is 25.7 Å². The Labute approximate surface area is 333 Å². The first kappa shape index (κ1) is 52.4. The van der Waals surface area contributed by atoms with Crippen LogP contribution in [0.15, 0.2) is 48.6 Å². The van der Waals surface area contributed by atoms with Gasteiger partial charge in [-0.25, -0.2) is 4.57 Å². The van der Waals surface area contributed by atoms with Gasteiger partial charge < -0.3 is 25.2 Å². The quantitative estimate of drug-likeness (QED) is 0.0178. The predicted octanol–water partition coefficient (Wildman–Crippen LogP) is 11.0. The van der Waals surface area contributed by atoms with Gasteiger partial charge in [-0.1, -0.05) is 152 Å². The van der Waals surface area contributed by atoms with Crippen molar-refractivity contribution in [3.63, 3.8) is 0 Å². The highest BCUT2D eigenvalue weighted by molar-refractivity contribution is 7.47. The van der Waals surface area contributed by atoms with Crippen LogP contribution in [0.1, 0.15) is 174 Å². The molecule has 0 aromatic carbocycles. The monoisotopic (exact) mass is 798 g/mol. The van der Waals surface area contributed by atoms with E-state index in [1.807, 2.05) is 12.2 Å². The average Bonchev–Trinajstić information content (AvgIpc) is 3.16. The van der Waals surface area contributed by atoms with E-state index in [0.29, 0.717) is 12.8 Å². The molecule has 0 saturated carbocycles. The molecule has 0 aliphatic carbocycles. The fourth-order valence-corrected chi connectivity index (χ4v) is 6.24. The molecule has 0 rings (SSSR count). The van der Waals surface area contributed by atoms with E-state index in [4.69, 9.17) is 24.8 Å². The summed E-state index contributed by atoms with van der Waals surface area (Å²) in [7, 11) is -4.73. The molecule has 11 nitrogen and oxygen atoms in total. The molecule has 3 atom stereocenters. The molecule has 0 aromatic heterocycles. The zero-order chi connectivity index (χ0) is 40.7. The van der Waals surface area contributed by atoms with Crippen molar-refractivity contribution in [2.45, 2.75) is 187 Å². The van der Waals surface area contributed by atoms with Crippen molar-refractivity contribution in [3.05, 3.63) is 48.6 Å². The van der Waals surface area contributed by atoms with Crippen molar-refractivity contribution in [1.29, 1.82) is 0 Å². The van der Waals surface area contributed by atoms with Gasteiger partial charge in [-0.2, -0.15) is 0 Å². The lowest BCUT2D eigenvalue weighted by atomic mass is 10.1. The van der Waals surface area contributed by atoms with Crippen molar-refractivity contribution < 1.29 is 47.5 Å². The van der Waals surface area contributed by atoms with E-state index in [9.17, 15) is 23.8 Å². The number of phosphoric acid groups is 1. The highest BCUT2D eigenvalue weighted by Gasteiger charge is 2.28. The first-order valence-corrected chi connectivity index (χ1v) is 22.7. The molecule has 0 spiro atoms. The van der Waals surface area contributed by atoms with Gasteiger partial charge in [0.05, 0.1) is 13.2 Å². The van der Waals surface area contributed by atoms with Gasteiger partial charge in [-0.05, 0) is 57.8 Å². The number of phosphoric ester groups is 1. The minimum absolute atomic E-state index is 0.0506. The lowest BCUT2D eigenvalue weighted by Crippen LogP contribution is -2.34. The number of hydrogen-bond acceptors (Lipinski definition) is 9. The summed E-state index contributed by atoms with van der Waals surface area (Å²) in [6, 6.07) is -1.53. The molecule has 0 heterocycles. The van der Waals surface area contributed by atoms with Crippen LogP contribution in [0.3, 0.4) is 0 Å². The van der Waals surface area contributed by atoms with Crippen molar-refractivity contribution in [1.82, 2.24) is 0 Å². The number of rotatable bonds is 39. The standard InChI is InChI=1S/C43H76NO10P/c1-3-5-7-9-11-13-15-17-18-19-20-21-23-24-26-28-30-32-34-41(45)51-36-39(37-52-55(49,50)53-38-40(44)43(47)48)54-42(46)35-33-31-29-27-25-22-16-14-12-10-8-6-4-2/h18-22,25,29,31,39-40H,3-17,23-24,26-28,30,32-38,44H2,1-2H3,(H,47,48)(H,49,50)/b19-18+,21-20+,25-22+,31-29+/t39?,40-/m1/s1. The van der Waals surface area contributed by atoms with E-state index in [1.165, 1.54) is 83.5 Å². The van der Waals surface area contributed by atoms with Crippen LogP contribution in [0.2, 0.25) is 0 Å². The smallest absolute Gasteiger partial charge is 0.472 e. The predicted molar refractivity (Wildman–Crippen MR) is 222 cm³/mol. The van der Waals surface area contributed by atoms with Gasteiger partial charge in [0.1, 0.15) is 12.6 Å². The molecule has 0 aromatic rings. The number of nitrogens with two attached hydrogens (primary N) is 1. The Kier molecular flexibility index (Phi) is 36.5. The molecule has 55 heavy (non-hydrogen) atoms. The Morgan fingerprint density at radius 2 is 1.05 bits per heavy atom. The van der Waals surface area contributed by atoms with Crippen LogP contribution in [-0.2, 0) is 37.5 Å². The van der Waals surface area contributed by atoms with E-state index < -0.39 is 51.1 Å². The fraction of sp³-hybridized carbons (Fsp3) is 0.744. The molecule has 0 amide bonds. The maximum absolute atomic E-state index is 12.5. The number of esters is 2. The number of unbranched alkanes of at least 4 members (excludes halogenated alkanes) is 18. The molecule has 0 radical (unpaired) electrons. The van der Waals surface area contributed by atoms with E-state index >= 15 is 0 Å². The third-order valence-corrected chi connectivity index (χ3v) is 9.79. The minimum atomic E-state index is -4.73. The SMILES string of the molecule is CCCCCCCC/C=C/C/C=C/CCC(=O)OC(COC(=O)CCCCCCC/C=C/C=C/CCCCCCCCC)COP(=O)(O)OC[C@@H](N)C(=O)O. The zero-order valence-corrected chi connectivity index (χ0v) is 35.2. The Morgan fingerprint density at radius 1 is 0.582 bits per heavy atom. The maximum atomic E-state index is 12.5. The van der Waals surface area contributed by atoms with E-state index in [-0.39, 0.29) is 19.4 Å². The topological polar surface area (TPSA) is 172 Å². The molecule has 4 N–H and O–H groups in total. The lowest BCUT2D eigenvalue weighted by Gasteiger charge is -2.20. The maximum Gasteiger partial charge on any atom is 0.472 e. The van der Waals surface area contributed by atoms with Crippen molar-refractivity contribution in [3.8, 4) is 0 Å². The van der Waals surface area contributed by atoms with E-state index in [2.05, 4.69) is 54.8 Å². The van der Waals surface area contributed by atoms with Crippen LogP contribution >= 0.6 is 7.82 Å². The molecule has 0 fully saturated rings. The van der Waals surface area contributed by atoms with Gasteiger partial charge in [0.2, 0.25) is 0 Å². The van der Waals surface area contributed by atoms with Gasteiger partial charge >= 0.3 is 25.7 Å². The molecule has 318 valence electrons. The number of aliphatic carboxylic acids is 1. The highest BCUT2D eigenvalue weighted by Crippen LogP contribution is 2.43. The van der Waals surface area contributed by atoms with Crippen molar-refractivity contribution in [2.75, 3.05) is 19.8 Å². The normalized spacial score (nSPS) is 14.3. The molecule has 0 bridgehead atoms. The summed E-state index contributed by atoms with van der Waals surface area (Å²) >= 11 is 0. The number of carboxylic acid groups (broad SMARTS) is 1. The lowest BCUT2D eigenvalue weighted by molar-refractivity contribution is -0.161. The van der Waals surface area contributed by atoms with Gasteiger partial charge in [0, 0.05) is 12.8 Å². The minimum Gasteiger partial charge on any atom is -0.480 e. The highest BCUT2D eigenvalue weighted by atomic mass is 31.2. The number of ether oxygens (including phenoxy) is 2. The summed E-state index contributed by atoms with van der Waals surface area (Å²) in [5.41, 5.74) is 5.32. The van der Waals surface area contributed by atoms with Gasteiger partial charge in [-0.3, -0.25) is 23.4 Å². The number of carbonyl (C=O) groups is 3. The summed E-state index contributed by atoms with van der Waals surface area (Å²) < 4.78 is 32.5. The van der Waals surface area contributed by atoms with Gasteiger partial charge in [-0.15, -0.1) is 0 Å². The van der Waals surface area contributed by atoms with Crippen LogP contribution in [0.25, 0.3) is 0 Å². The van der Waals surface area contributed by atoms with Crippen LogP contribution in [0.4, 0.5) is 0 Å². The summed E-state index contributed by atoms with van der Waals surface area (Å²) in [5, 5.41) is 8.87. The molecule has 0 saturated heterocycles. The Morgan fingerprint density at radius 3 is 1.60 bits per heavy atom. The van der Waals surface area contributed by atoms with E-state index in [0.717, 1.165) is 51.4 Å². The van der Waals surface area contributed by atoms with Crippen LogP contribution in [0.5, 0.6) is 0 Å².